The summed E-state index contributed by atoms with van der Waals surface area (Å²) in [5.41, 5.74) is 2.69. The van der Waals surface area contributed by atoms with Crippen LogP contribution in [0, 0.1) is 0 Å². The third kappa shape index (κ3) is 3.32. The van der Waals surface area contributed by atoms with Crippen molar-refractivity contribution in [2.24, 2.45) is 4.99 Å². The Labute approximate surface area is 159 Å². The van der Waals surface area contributed by atoms with Gasteiger partial charge in [0.25, 0.3) is 0 Å². The standard InChI is InChI=1S/C20H15BrN2O3/c21-15-7-3-13(4-8-15)12-17-20(25)26-19(22-17)14-5-9-16(10-6-14)23-11-1-2-18(23)24/h3-10,12H,1-2,11H2. The fourth-order valence-corrected chi connectivity index (χ4v) is 3.22. The Morgan fingerprint density at radius 1 is 1.04 bits per heavy atom. The molecule has 0 unspecified atom stereocenters. The minimum Gasteiger partial charge on any atom is -0.402 e. The molecule has 0 aromatic heterocycles. The van der Waals surface area contributed by atoms with E-state index in [1.165, 1.54) is 0 Å². The van der Waals surface area contributed by atoms with Gasteiger partial charge in [0, 0.05) is 28.7 Å². The van der Waals surface area contributed by atoms with E-state index in [-0.39, 0.29) is 17.5 Å². The molecule has 2 aromatic rings. The molecular formula is C20H15BrN2O3. The zero-order valence-electron chi connectivity index (χ0n) is 13.8. The van der Waals surface area contributed by atoms with Crippen LogP contribution in [0.3, 0.4) is 0 Å². The first-order valence-electron chi connectivity index (χ1n) is 8.29. The van der Waals surface area contributed by atoms with Crippen LogP contribution in [-0.4, -0.2) is 24.3 Å². The number of halogens is 1. The maximum Gasteiger partial charge on any atom is 0.363 e. The van der Waals surface area contributed by atoms with E-state index >= 15 is 0 Å². The van der Waals surface area contributed by atoms with Crippen LogP contribution in [0.15, 0.2) is 63.7 Å². The summed E-state index contributed by atoms with van der Waals surface area (Å²) in [5.74, 6) is -0.0542. The molecule has 0 spiro atoms. The normalized spacial score (nSPS) is 18.4. The third-order valence-electron chi connectivity index (χ3n) is 4.29. The van der Waals surface area contributed by atoms with Gasteiger partial charge in [-0.1, -0.05) is 28.1 Å². The Hall–Kier alpha value is -2.73. The smallest absolute Gasteiger partial charge is 0.363 e. The number of rotatable bonds is 3. The van der Waals surface area contributed by atoms with E-state index < -0.39 is 5.97 Å². The van der Waals surface area contributed by atoms with E-state index in [0.717, 1.165) is 28.7 Å². The number of cyclic esters (lactones) is 1. The van der Waals surface area contributed by atoms with Crippen molar-refractivity contribution >= 4 is 45.5 Å². The van der Waals surface area contributed by atoms with Gasteiger partial charge in [0.1, 0.15) is 0 Å². The summed E-state index contributed by atoms with van der Waals surface area (Å²) >= 11 is 3.38. The summed E-state index contributed by atoms with van der Waals surface area (Å²) < 4.78 is 6.26. The average Bonchev–Trinajstić information content (AvgIpc) is 3.23. The molecule has 0 atom stereocenters. The Morgan fingerprint density at radius 2 is 1.77 bits per heavy atom. The van der Waals surface area contributed by atoms with Gasteiger partial charge in [-0.3, -0.25) is 4.79 Å². The summed E-state index contributed by atoms with van der Waals surface area (Å²) in [6.07, 6.45) is 3.17. The molecule has 2 aliphatic rings. The van der Waals surface area contributed by atoms with Gasteiger partial charge in [0.2, 0.25) is 11.8 Å². The van der Waals surface area contributed by atoms with E-state index in [9.17, 15) is 9.59 Å². The highest BCUT2D eigenvalue weighted by atomic mass is 79.9. The summed E-state index contributed by atoms with van der Waals surface area (Å²) in [6.45, 7) is 0.744. The van der Waals surface area contributed by atoms with Crippen molar-refractivity contribution in [2.75, 3.05) is 11.4 Å². The molecule has 2 heterocycles. The predicted octanol–water partition coefficient (Wildman–Crippen LogP) is 3.92. The minimum atomic E-state index is -0.471. The van der Waals surface area contributed by atoms with Crippen LogP contribution in [-0.2, 0) is 14.3 Å². The number of carbonyl (C=O) groups excluding carboxylic acids is 2. The summed E-state index contributed by atoms with van der Waals surface area (Å²) in [4.78, 5) is 30.0. The van der Waals surface area contributed by atoms with Crippen LogP contribution in [0.5, 0.6) is 0 Å². The first-order valence-corrected chi connectivity index (χ1v) is 9.08. The van der Waals surface area contributed by atoms with Gasteiger partial charge >= 0.3 is 5.97 Å². The van der Waals surface area contributed by atoms with Crippen molar-refractivity contribution in [1.29, 1.82) is 0 Å². The number of aliphatic imine (C=N–C) groups is 1. The van der Waals surface area contributed by atoms with Crippen LogP contribution in [0.1, 0.15) is 24.0 Å². The SMILES string of the molecule is O=C1OC(c2ccc(N3CCCC3=O)cc2)=NC1=Cc1ccc(Br)cc1. The van der Waals surface area contributed by atoms with Gasteiger partial charge < -0.3 is 9.64 Å². The van der Waals surface area contributed by atoms with Gasteiger partial charge in [-0.25, -0.2) is 9.79 Å². The third-order valence-corrected chi connectivity index (χ3v) is 4.82. The predicted molar refractivity (Wildman–Crippen MR) is 103 cm³/mol. The fraction of sp³-hybridized carbons (Fsp3) is 0.150. The molecule has 0 bridgehead atoms. The molecule has 0 radical (unpaired) electrons. The van der Waals surface area contributed by atoms with E-state index in [2.05, 4.69) is 20.9 Å². The molecule has 130 valence electrons. The maximum atomic E-state index is 12.1. The second-order valence-corrected chi connectivity index (χ2v) is 7.00. The van der Waals surface area contributed by atoms with E-state index in [0.29, 0.717) is 12.0 Å². The second kappa shape index (κ2) is 6.88. The van der Waals surface area contributed by atoms with Crippen molar-refractivity contribution < 1.29 is 14.3 Å². The Bertz CT molecular complexity index is 931. The molecule has 5 nitrogen and oxygen atoms in total. The second-order valence-electron chi connectivity index (χ2n) is 6.08. The molecule has 0 N–H and O–H groups in total. The van der Waals surface area contributed by atoms with Crippen molar-refractivity contribution in [1.82, 2.24) is 0 Å². The van der Waals surface area contributed by atoms with Crippen LogP contribution in [0.4, 0.5) is 5.69 Å². The Morgan fingerprint density at radius 3 is 2.42 bits per heavy atom. The Kier molecular flexibility index (Phi) is 4.42. The van der Waals surface area contributed by atoms with Gasteiger partial charge in [0.15, 0.2) is 5.70 Å². The highest BCUT2D eigenvalue weighted by Crippen LogP contribution is 2.24. The van der Waals surface area contributed by atoms with Crippen molar-refractivity contribution in [3.05, 3.63) is 69.8 Å². The number of hydrogen-bond donors (Lipinski definition) is 0. The van der Waals surface area contributed by atoms with E-state index in [4.69, 9.17) is 4.74 Å². The number of anilines is 1. The molecule has 6 heteroatoms. The molecule has 0 aliphatic carbocycles. The van der Waals surface area contributed by atoms with Crippen LogP contribution in [0.25, 0.3) is 6.08 Å². The number of benzene rings is 2. The highest BCUT2D eigenvalue weighted by Gasteiger charge is 2.25. The zero-order valence-corrected chi connectivity index (χ0v) is 15.4. The first-order chi connectivity index (χ1) is 12.6. The largest absolute Gasteiger partial charge is 0.402 e. The molecule has 2 aromatic carbocycles. The number of carbonyl (C=O) groups is 2. The molecule has 0 saturated carbocycles. The zero-order chi connectivity index (χ0) is 18.1. The Balaban J connectivity index is 1.57. The highest BCUT2D eigenvalue weighted by molar-refractivity contribution is 9.10. The van der Waals surface area contributed by atoms with Crippen molar-refractivity contribution in [2.45, 2.75) is 12.8 Å². The lowest BCUT2D eigenvalue weighted by Crippen LogP contribution is -2.23. The van der Waals surface area contributed by atoms with Crippen LogP contribution >= 0.6 is 15.9 Å². The number of nitrogens with zero attached hydrogens (tertiary/aromatic N) is 2. The molecule has 4 rings (SSSR count). The van der Waals surface area contributed by atoms with Gasteiger partial charge in [-0.15, -0.1) is 0 Å². The number of ether oxygens (including phenoxy) is 1. The monoisotopic (exact) mass is 410 g/mol. The molecule has 1 saturated heterocycles. The topological polar surface area (TPSA) is 59.0 Å². The van der Waals surface area contributed by atoms with Gasteiger partial charge in [0.05, 0.1) is 0 Å². The van der Waals surface area contributed by atoms with Crippen LogP contribution in [0.2, 0.25) is 0 Å². The summed E-state index contributed by atoms with van der Waals surface area (Å²) in [7, 11) is 0. The fourth-order valence-electron chi connectivity index (χ4n) is 2.95. The molecule has 26 heavy (non-hydrogen) atoms. The number of esters is 1. The van der Waals surface area contributed by atoms with Crippen molar-refractivity contribution in [3.63, 3.8) is 0 Å². The molecule has 1 amide bonds. The lowest BCUT2D eigenvalue weighted by molar-refractivity contribution is -0.130. The summed E-state index contributed by atoms with van der Waals surface area (Å²) in [6, 6.07) is 14.9. The van der Waals surface area contributed by atoms with E-state index in [1.807, 2.05) is 48.5 Å². The lowest BCUT2D eigenvalue weighted by atomic mass is 10.2. The lowest BCUT2D eigenvalue weighted by Gasteiger charge is -2.15. The van der Waals surface area contributed by atoms with E-state index in [1.54, 1.807) is 11.0 Å². The van der Waals surface area contributed by atoms with Crippen LogP contribution < -0.4 is 4.90 Å². The minimum absolute atomic E-state index is 0.141. The number of amides is 1. The summed E-state index contributed by atoms with van der Waals surface area (Å²) in [5, 5.41) is 0. The molecule has 2 aliphatic heterocycles. The molecule has 1 fully saturated rings. The number of hydrogen-bond acceptors (Lipinski definition) is 4. The van der Waals surface area contributed by atoms with Crippen molar-refractivity contribution in [3.8, 4) is 0 Å². The first kappa shape index (κ1) is 16.7. The quantitative estimate of drug-likeness (QED) is 0.568. The molecular weight excluding hydrogens is 396 g/mol. The average molecular weight is 411 g/mol. The van der Waals surface area contributed by atoms with Gasteiger partial charge in [-0.05, 0) is 54.5 Å². The van der Waals surface area contributed by atoms with Gasteiger partial charge in [-0.2, -0.15) is 0 Å². The maximum absolute atomic E-state index is 12.1.